The predicted molar refractivity (Wildman–Crippen MR) is 97.6 cm³/mol. The molecular weight excluding hydrogens is 373 g/mol. The van der Waals surface area contributed by atoms with Gasteiger partial charge in [0.2, 0.25) is 11.2 Å². The van der Waals surface area contributed by atoms with Gasteiger partial charge in [0.1, 0.15) is 18.0 Å². The Balaban J connectivity index is 1.66. The fraction of sp³-hybridized carbons (Fsp3) is 0.412. The lowest BCUT2D eigenvalue weighted by Gasteiger charge is -2.30. The molecular formula is C17H20FN5O3S. The number of phenols is 1. The number of hydrogen-bond acceptors (Lipinski definition) is 5. The van der Waals surface area contributed by atoms with Gasteiger partial charge >= 0.3 is 0 Å². The average Bonchev–Trinajstić information content (AvgIpc) is 3.11. The molecule has 1 amide bonds. The Kier molecular flexibility index (Phi) is 4.39. The number of amides is 1. The molecule has 1 fully saturated rings. The minimum absolute atomic E-state index is 0.192. The molecule has 1 aromatic heterocycles. The van der Waals surface area contributed by atoms with Gasteiger partial charge in [0.15, 0.2) is 5.82 Å². The molecule has 1 atom stereocenters. The lowest BCUT2D eigenvalue weighted by molar-refractivity contribution is -0.117. The Morgan fingerprint density at radius 3 is 2.78 bits per heavy atom. The van der Waals surface area contributed by atoms with Crippen LogP contribution in [0.5, 0.6) is 5.75 Å². The molecule has 3 N–H and O–H groups in total. The van der Waals surface area contributed by atoms with Crippen LogP contribution < -0.4 is 9.03 Å². The second-order valence-corrected chi connectivity index (χ2v) is 8.02. The molecule has 3 heterocycles. The third-order valence-corrected chi connectivity index (χ3v) is 6.21. The number of aryl methyl sites for hydroxylation is 2. The predicted octanol–water partition coefficient (Wildman–Crippen LogP) is 0.944. The molecule has 144 valence electrons. The quantitative estimate of drug-likeness (QED) is 0.721. The molecule has 1 saturated heterocycles. The number of hydrogen-bond donors (Lipinski definition) is 3. The first-order valence-electron chi connectivity index (χ1n) is 8.60. The molecule has 1 unspecified atom stereocenters. The first-order valence-corrected chi connectivity index (χ1v) is 9.70. The van der Waals surface area contributed by atoms with E-state index in [1.54, 1.807) is 0 Å². The average molecular weight is 393 g/mol. The van der Waals surface area contributed by atoms with Crippen molar-refractivity contribution >= 4 is 22.8 Å². The minimum Gasteiger partial charge on any atom is -0.506 e. The number of aromatic nitrogens is 2. The standard InChI is InChI=1S/C17H20FN5O3S/c1-9-12(10(2)20-19-9)6-22-4-3-11-5-14(24)17(16(18)13(11)7-22)23-8-15(25)21-27(23)26/h5,24H,3-4,6-8H2,1-2H3,(H,19,20)(H,21,25). The zero-order valence-electron chi connectivity index (χ0n) is 15.0. The Morgan fingerprint density at radius 2 is 2.15 bits per heavy atom. The van der Waals surface area contributed by atoms with Crippen molar-refractivity contribution in [1.29, 1.82) is 0 Å². The van der Waals surface area contributed by atoms with E-state index in [1.165, 1.54) is 6.07 Å². The highest BCUT2D eigenvalue weighted by atomic mass is 32.2. The van der Waals surface area contributed by atoms with E-state index in [0.29, 0.717) is 25.1 Å². The second kappa shape index (κ2) is 6.61. The summed E-state index contributed by atoms with van der Waals surface area (Å²) in [7, 11) is 0. The van der Waals surface area contributed by atoms with E-state index in [-0.39, 0.29) is 18.0 Å². The van der Waals surface area contributed by atoms with Crippen molar-refractivity contribution in [3.63, 3.8) is 0 Å². The van der Waals surface area contributed by atoms with Crippen molar-refractivity contribution in [2.75, 3.05) is 17.4 Å². The summed E-state index contributed by atoms with van der Waals surface area (Å²) in [6, 6.07) is 1.51. The fourth-order valence-electron chi connectivity index (χ4n) is 3.63. The number of rotatable bonds is 3. The second-order valence-electron chi connectivity index (χ2n) is 6.88. The molecule has 0 radical (unpaired) electrons. The van der Waals surface area contributed by atoms with Crippen LogP contribution in [0.25, 0.3) is 0 Å². The molecule has 0 bridgehead atoms. The Morgan fingerprint density at radius 1 is 1.37 bits per heavy atom. The maximum absolute atomic E-state index is 15.3. The van der Waals surface area contributed by atoms with Crippen LogP contribution in [0.4, 0.5) is 10.1 Å². The Hall–Kier alpha value is -2.46. The summed E-state index contributed by atoms with van der Waals surface area (Å²) >= 11 is -1.90. The van der Waals surface area contributed by atoms with Crippen LogP contribution in [-0.4, -0.2) is 43.4 Å². The van der Waals surface area contributed by atoms with E-state index in [0.717, 1.165) is 33.4 Å². The summed E-state index contributed by atoms with van der Waals surface area (Å²) in [6.45, 7) is 5.36. The number of anilines is 1. The van der Waals surface area contributed by atoms with E-state index >= 15 is 4.39 Å². The van der Waals surface area contributed by atoms with Crippen LogP contribution in [0.2, 0.25) is 0 Å². The van der Waals surface area contributed by atoms with Gasteiger partial charge < -0.3 is 5.11 Å². The smallest absolute Gasteiger partial charge is 0.253 e. The highest BCUT2D eigenvalue weighted by Gasteiger charge is 2.34. The Bertz CT molecular complexity index is 941. The van der Waals surface area contributed by atoms with Crippen LogP contribution in [0, 0.1) is 19.7 Å². The lowest BCUT2D eigenvalue weighted by Crippen LogP contribution is -2.32. The van der Waals surface area contributed by atoms with Crippen molar-refractivity contribution in [1.82, 2.24) is 19.8 Å². The van der Waals surface area contributed by atoms with Crippen molar-refractivity contribution in [3.05, 3.63) is 40.0 Å². The highest BCUT2D eigenvalue weighted by Crippen LogP contribution is 2.38. The third kappa shape index (κ3) is 3.08. The van der Waals surface area contributed by atoms with Gasteiger partial charge in [-0.2, -0.15) is 5.10 Å². The summed E-state index contributed by atoms with van der Waals surface area (Å²) in [5, 5.41) is 17.4. The van der Waals surface area contributed by atoms with Crippen LogP contribution in [0.3, 0.4) is 0 Å². The largest absolute Gasteiger partial charge is 0.506 e. The molecule has 1 aromatic carbocycles. The number of carbonyl (C=O) groups excluding carboxylic acids is 1. The summed E-state index contributed by atoms with van der Waals surface area (Å²) in [5.41, 5.74) is 4.00. The van der Waals surface area contributed by atoms with Crippen LogP contribution in [0.1, 0.15) is 28.1 Å². The minimum atomic E-state index is -1.90. The van der Waals surface area contributed by atoms with Crippen molar-refractivity contribution in [2.24, 2.45) is 0 Å². The normalized spacial score (nSPS) is 20.0. The van der Waals surface area contributed by atoms with Gasteiger partial charge in [-0.3, -0.25) is 23.8 Å². The number of H-pyrrole nitrogens is 1. The van der Waals surface area contributed by atoms with Gasteiger partial charge in [0.25, 0.3) is 5.91 Å². The van der Waals surface area contributed by atoms with Gasteiger partial charge in [-0.25, -0.2) is 8.60 Å². The van der Waals surface area contributed by atoms with Crippen LogP contribution >= 0.6 is 0 Å². The summed E-state index contributed by atoms with van der Waals surface area (Å²) < 4.78 is 30.5. The van der Waals surface area contributed by atoms with Crippen molar-refractivity contribution < 1.29 is 18.5 Å². The lowest BCUT2D eigenvalue weighted by atomic mass is 9.97. The number of phenolic OH excluding ortho intramolecular Hbond substituents is 1. The number of halogens is 1. The number of fused-ring (bicyclic) bond motifs is 1. The summed E-state index contributed by atoms with van der Waals surface area (Å²) in [6.07, 6.45) is 0.594. The van der Waals surface area contributed by atoms with Gasteiger partial charge in [0.05, 0.1) is 5.69 Å². The van der Waals surface area contributed by atoms with Gasteiger partial charge in [-0.05, 0) is 31.9 Å². The molecule has 10 heteroatoms. The van der Waals surface area contributed by atoms with Gasteiger partial charge in [-0.1, -0.05) is 0 Å². The van der Waals surface area contributed by atoms with E-state index in [2.05, 4.69) is 19.8 Å². The molecule has 27 heavy (non-hydrogen) atoms. The zero-order valence-corrected chi connectivity index (χ0v) is 15.8. The first-order chi connectivity index (χ1) is 12.8. The molecule has 4 rings (SSSR count). The maximum atomic E-state index is 15.3. The van der Waals surface area contributed by atoms with Crippen LogP contribution in [-0.2, 0) is 35.5 Å². The van der Waals surface area contributed by atoms with E-state index < -0.39 is 22.9 Å². The van der Waals surface area contributed by atoms with E-state index in [4.69, 9.17) is 0 Å². The first kappa shape index (κ1) is 17.9. The number of benzene rings is 1. The zero-order chi connectivity index (χ0) is 19.3. The summed E-state index contributed by atoms with van der Waals surface area (Å²) in [5.74, 6) is -1.40. The highest BCUT2D eigenvalue weighted by molar-refractivity contribution is 7.85. The number of nitrogens with zero attached hydrogens (tertiary/aromatic N) is 3. The molecule has 2 aliphatic heterocycles. The number of aromatic amines is 1. The van der Waals surface area contributed by atoms with Gasteiger partial charge in [0, 0.05) is 36.5 Å². The monoisotopic (exact) mass is 393 g/mol. The molecule has 8 nitrogen and oxygen atoms in total. The number of nitrogens with one attached hydrogen (secondary N) is 2. The number of carbonyl (C=O) groups is 1. The van der Waals surface area contributed by atoms with Crippen molar-refractivity contribution in [3.8, 4) is 5.75 Å². The molecule has 2 aromatic rings. The van der Waals surface area contributed by atoms with Gasteiger partial charge in [-0.15, -0.1) is 0 Å². The number of aromatic hydroxyl groups is 1. The molecule has 0 saturated carbocycles. The van der Waals surface area contributed by atoms with Crippen molar-refractivity contribution in [2.45, 2.75) is 33.4 Å². The Labute approximate surface area is 158 Å². The van der Waals surface area contributed by atoms with Crippen LogP contribution in [0.15, 0.2) is 6.07 Å². The fourth-order valence-corrected chi connectivity index (χ4v) is 4.57. The molecule has 0 spiro atoms. The topological polar surface area (TPSA) is 102 Å². The molecule has 0 aliphatic carbocycles. The summed E-state index contributed by atoms with van der Waals surface area (Å²) in [4.78, 5) is 13.6. The SMILES string of the molecule is Cc1n[nH]c(C)c1CN1CCc2cc(O)c(N3CC(=O)NS3=O)c(F)c2C1. The van der Waals surface area contributed by atoms with E-state index in [1.807, 2.05) is 13.8 Å². The molecule has 2 aliphatic rings. The maximum Gasteiger partial charge on any atom is 0.253 e. The third-order valence-electron chi connectivity index (χ3n) is 5.09. The van der Waals surface area contributed by atoms with E-state index in [9.17, 15) is 14.1 Å².